The molecule has 0 aliphatic rings. The molecule has 0 aliphatic carbocycles. The molecule has 0 saturated carbocycles. The summed E-state index contributed by atoms with van der Waals surface area (Å²) >= 11 is 5.88. The number of hydrogen-bond acceptors (Lipinski definition) is 2. The van der Waals surface area contributed by atoms with Crippen LogP contribution in [0.3, 0.4) is 0 Å². The van der Waals surface area contributed by atoms with E-state index in [0.717, 1.165) is 24.1 Å². The maximum Gasteiger partial charge on any atom is 0.194 e. The number of hydrogen-bond donors (Lipinski definition) is 1. The molecular weight excluding hydrogens is 389 g/mol. The van der Waals surface area contributed by atoms with Crippen LogP contribution in [0.5, 0.6) is 0 Å². The molecule has 114 valence electrons. The van der Waals surface area contributed by atoms with E-state index in [2.05, 4.69) is 22.1 Å². The summed E-state index contributed by atoms with van der Waals surface area (Å²) < 4.78 is 5.01. The third-order valence-electron chi connectivity index (χ3n) is 2.59. The minimum atomic E-state index is 0. The topological polar surface area (TPSA) is 36.9 Å². The van der Waals surface area contributed by atoms with Crippen LogP contribution in [-0.2, 0) is 11.3 Å². The first kappa shape index (κ1) is 19.5. The minimum absolute atomic E-state index is 0. The molecule has 6 heteroatoms. The quantitative estimate of drug-likeness (QED) is 0.338. The van der Waals surface area contributed by atoms with Crippen molar-refractivity contribution in [2.24, 2.45) is 4.99 Å². The van der Waals surface area contributed by atoms with E-state index in [1.165, 1.54) is 5.56 Å². The molecular formula is C14H23ClIN3O. The van der Waals surface area contributed by atoms with Gasteiger partial charge in [-0.25, -0.2) is 0 Å². The zero-order chi connectivity index (χ0) is 14.1. The lowest BCUT2D eigenvalue weighted by atomic mass is 10.2. The number of nitrogens with one attached hydrogen (secondary N) is 1. The molecule has 0 aromatic heterocycles. The van der Waals surface area contributed by atoms with Gasteiger partial charge in [0.25, 0.3) is 0 Å². The lowest BCUT2D eigenvalue weighted by Gasteiger charge is -2.22. The maximum absolute atomic E-state index is 5.88. The van der Waals surface area contributed by atoms with E-state index in [1.807, 2.05) is 31.3 Å². The molecule has 0 fully saturated rings. The maximum atomic E-state index is 5.88. The molecule has 0 bridgehead atoms. The van der Waals surface area contributed by atoms with Crippen LogP contribution in [0.1, 0.15) is 12.5 Å². The molecule has 1 aromatic rings. The number of benzene rings is 1. The molecule has 1 rings (SSSR count). The van der Waals surface area contributed by atoms with Crippen molar-refractivity contribution in [1.29, 1.82) is 0 Å². The SMILES string of the molecule is CCNC(=NCCOC)N(C)Cc1ccc(Cl)cc1.I. The highest BCUT2D eigenvalue weighted by Gasteiger charge is 2.06. The molecule has 0 unspecified atom stereocenters. The van der Waals surface area contributed by atoms with Gasteiger partial charge in [-0.3, -0.25) is 4.99 Å². The lowest BCUT2D eigenvalue weighted by Crippen LogP contribution is -2.38. The van der Waals surface area contributed by atoms with Gasteiger partial charge < -0.3 is 15.0 Å². The van der Waals surface area contributed by atoms with Gasteiger partial charge in [0.2, 0.25) is 0 Å². The van der Waals surface area contributed by atoms with Crippen LogP contribution in [0.15, 0.2) is 29.3 Å². The van der Waals surface area contributed by atoms with E-state index in [9.17, 15) is 0 Å². The van der Waals surface area contributed by atoms with E-state index < -0.39 is 0 Å². The average molecular weight is 412 g/mol. The van der Waals surface area contributed by atoms with Gasteiger partial charge in [0.15, 0.2) is 5.96 Å². The first-order chi connectivity index (χ1) is 9.17. The second kappa shape index (κ2) is 11.2. The predicted octanol–water partition coefficient (Wildman–Crippen LogP) is 3.00. The van der Waals surface area contributed by atoms with Crippen LogP contribution in [0, 0.1) is 0 Å². The van der Waals surface area contributed by atoms with Crippen LogP contribution in [-0.4, -0.2) is 44.7 Å². The molecule has 0 heterocycles. The van der Waals surface area contributed by atoms with Gasteiger partial charge in [0.1, 0.15) is 0 Å². The summed E-state index contributed by atoms with van der Waals surface area (Å²) in [7, 11) is 3.70. The number of rotatable bonds is 6. The van der Waals surface area contributed by atoms with Crippen LogP contribution in [0.2, 0.25) is 5.02 Å². The highest BCUT2D eigenvalue weighted by molar-refractivity contribution is 14.0. The molecule has 1 aromatic carbocycles. The zero-order valence-corrected chi connectivity index (χ0v) is 15.3. The Labute approximate surface area is 143 Å². The molecule has 0 spiro atoms. The summed E-state index contributed by atoms with van der Waals surface area (Å²) in [5.74, 6) is 0.884. The van der Waals surface area contributed by atoms with Crippen LogP contribution in [0.25, 0.3) is 0 Å². The fourth-order valence-corrected chi connectivity index (χ4v) is 1.78. The Hall–Kier alpha value is -0.530. The number of halogens is 2. The molecule has 0 atom stereocenters. The van der Waals surface area contributed by atoms with E-state index >= 15 is 0 Å². The zero-order valence-electron chi connectivity index (χ0n) is 12.2. The van der Waals surface area contributed by atoms with Gasteiger partial charge in [-0.1, -0.05) is 23.7 Å². The monoisotopic (exact) mass is 411 g/mol. The van der Waals surface area contributed by atoms with Crippen molar-refractivity contribution in [3.8, 4) is 0 Å². The van der Waals surface area contributed by atoms with Gasteiger partial charge in [-0.05, 0) is 24.6 Å². The van der Waals surface area contributed by atoms with Gasteiger partial charge in [0, 0.05) is 32.3 Å². The lowest BCUT2D eigenvalue weighted by molar-refractivity contribution is 0.207. The first-order valence-electron chi connectivity index (χ1n) is 6.40. The van der Waals surface area contributed by atoms with Crippen molar-refractivity contribution >= 4 is 41.5 Å². The molecule has 20 heavy (non-hydrogen) atoms. The summed E-state index contributed by atoms with van der Waals surface area (Å²) in [6.45, 7) is 4.97. The highest BCUT2D eigenvalue weighted by Crippen LogP contribution is 2.10. The second-order valence-electron chi connectivity index (χ2n) is 4.21. The van der Waals surface area contributed by atoms with Gasteiger partial charge in [-0.2, -0.15) is 0 Å². The summed E-state index contributed by atoms with van der Waals surface area (Å²) in [5.41, 5.74) is 1.20. The van der Waals surface area contributed by atoms with Gasteiger partial charge >= 0.3 is 0 Å². The number of guanidine groups is 1. The third kappa shape index (κ3) is 7.31. The van der Waals surface area contributed by atoms with Crippen molar-refractivity contribution in [1.82, 2.24) is 10.2 Å². The van der Waals surface area contributed by atoms with E-state index in [0.29, 0.717) is 13.2 Å². The largest absolute Gasteiger partial charge is 0.383 e. The molecule has 0 radical (unpaired) electrons. The van der Waals surface area contributed by atoms with Gasteiger partial charge in [0.05, 0.1) is 13.2 Å². The smallest absolute Gasteiger partial charge is 0.194 e. The Balaban J connectivity index is 0.00000361. The minimum Gasteiger partial charge on any atom is -0.383 e. The van der Waals surface area contributed by atoms with Crippen LogP contribution < -0.4 is 5.32 Å². The summed E-state index contributed by atoms with van der Waals surface area (Å²) in [5, 5.41) is 4.02. The van der Waals surface area contributed by atoms with Crippen molar-refractivity contribution in [2.75, 3.05) is 33.9 Å². The molecule has 1 N–H and O–H groups in total. The van der Waals surface area contributed by atoms with E-state index in [4.69, 9.17) is 16.3 Å². The second-order valence-corrected chi connectivity index (χ2v) is 4.65. The summed E-state index contributed by atoms with van der Waals surface area (Å²) in [4.78, 5) is 6.58. The molecule has 4 nitrogen and oxygen atoms in total. The Morgan fingerprint density at radius 3 is 2.55 bits per heavy atom. The van der Waals surface area contributed by atoms with Gasteiger partial charge in [-0.15, -0.1) is 24.0 Å². The normalized spacial score (nSPS) is 10.9. The van der Waals surface area contributed by atoms with Crippen molar-refractivity contribution in [2.45, 2.75) is 13.5 Å². The Morgan fingerprint density at radius 1 is 1.35 bits per heavy atom. The Morgan fingerprint density at radius 2 is 2.00 bits per heavy atom. The third-order valence-corrected chi connectivity index (χ3v) is 2.84. The number of methoxy groups -OCH3 is 1. The predicted molar refractivity (Wildman–Crippen MR) is 96.2 cm³/mol. The Kier molecular flexibility index (Phi) is 10.9. The molecule has 0 aliphatic heterocycles. The first-order valence-corrected chi connectivity index (χ1v) is 6.78. The number of aliphatic imine (C=N–C) groups is 1. The summed E-state index contributed by atoms with van der Waals surface area (Å²) in [6.07, 6.45) is 0. The fourth-order valence-electron chi connectivity index (χ4n) is 1.65. The number of nitrogens with zero attached hydrogens (tertiary/aromatic N) is 2. The van der Waals surface area contributed by atoms with Crippen LogP contribution in [0.4, 0.5) is 0 Å². The fraction of sp³-hybridized carbons (Fsp3) is 0.500. The highest BCUT2D eigenvalue weighted by atomic mass is 127. The van der Waals surface area contributed by atoms with E-state index in [1.54, 1.807) is 7.11 Å². The van der Waals surface area contributed by atoms with E-state index in [-0.39, 0.29) is 24.0 Å². The standard InChI is InChI=1S/C14H22ClN3O.HI/c1-4-16-14(17-9-10-19-3)18(2)11-12-5-7-13(15)8-6-12;/h5-8H,4,9-11H2,1-3H3,(H,16,17);1H. The average Bonchev–Trinajstić information content (AvgIpc) is 2.40. The van der Waals surface area contributed by atoms with Crippen LogP contribution >= 0.6 is 35.6 Å². The summed E-state index contributed by atoms with van der Waals surface area (Å²) in [6, 6.07) is 7.86. The molecule has 0 amide bonds. The Bertz CT molecular complexity index is 398. The van der Waals surface area contributed by atoms with Crippen molar-refractivity contribution < 1.29 is 4.74 Å². The molecule has 0 saturated heterocycles. The number of ether oxygens (including phenoxy) is 1. The van der Waals surface area contributed by atoms with Crippen molar-refractivity contribution in [3.05, 3.63) is 34.9 Å². The van der Waals surface area contributed by atoms with Crippen molar-refractivity contribution in [3.63, 3.8) is 0 Å².